The number of phosphoric acid groups is 1. The Morgan fingerprint density at radius 1 is 0.727 bits per heavy atom. The summed E-state index contributed by atoms with van der Waals surface area (Å²) in [5, 5.41) is 11.0. The molecule has 0 radical (unpaired) electrons. The number of alkyl halides is 1. The van der Waals surface area contributed by atoms with Gasteiger partial charge in [0.25, 0.3) is 0 Å². The molecule has 15 heteroatoms. The van der Waals surface area contributed by atoms with Crippen LogP contribution in [0, 0.1) is 12.8 Å². The molecule has 0 spiro atoms. The Morgan fingerprint density at radius 2 is 1.20 bits per heavy atom. The summed E-state index contributed by atoms with van der Waals surface area (Å²) in [6.45, 7) is 8.99. The zero-order valence-corrected chi connectivity index (χ0v) is 43.4. The molecular formula is C51H95FN5O8P. The lowest BCUT2D eigenvalue weighted by molar-refractivity contribution is -0.0573. The Kier molecular flexibility index (Phi) is 30.6. The van der Waals surface area contributed by atoms with Crippen LogP contribution in [0.1, 0.15) is 219 Å². The van der Waals surface area contributed by atoms with Crippen molar-refractivity contribution in [2.24, 2.45) is 5.92 Å². The van der Waals surface area contributed by atoms with Crippen molar-refractivity contribution >= 4 is 24.8 Å². The van der Waals surface area contributed by atoms with Gasteiger partial charge in [-0.2, -0.15) is 0 Å². The minimum atomic E-state index is -4.62. The van der Waals surface area contributed by atoms with Crippen LogP contribution in [0.5, 0.6) is 0 Å². The fourth-order valence-electron chi connectivity index (χ4n) is 8.86. The van der Waals surface area contributed by atoms with Crippen LogP contribution >= 0.6 is 7.82 Å². The largest absolute Gasteiger partial charge is 0.472 e. The molecule has 13 nitrogen and oxygen atoms in total. The van der Waals surface area contributed by atoms with Gasteiger partial charge in [-0.25, -0.2) is 23.9 Å². The number of aromatic nitrogens is 4. The van der Waals surface area contributed by atoms with Gasteiger partial charge in [-0.05, 0) is 33.1 Å². The van der Waals surface area contributed by atoms with E-state index in [2.05, 4.69) is 28.8 Å². The standard InChI is InChI=1S/C51H95FN5O8P/c1-7-9-11-13-15-17-19-21-23-25-27-29-31-33-36-61-38-35-44(39-62-37-34-32-30-28-26-24-22-20-18-16-14-12-10-8-2)40-63-66(59,60)64-41-45-47(58)51(4,52)50(65-45)57-42-53-46-48(56(5)6)54-43(3)55-49(46)57/h42,44-45,47,50,58H,7-41H2,1-6H3,(H,59,60)/t44?,45-,47-,50-,51-/m1/s1. The average Bonchev–Trinajstić information content (AvgIpc) is 3.80. The topological polar surface area (TPSA) is 151 Å². The molecule has 66 heavy (non-hydrogen) atoms. The maximum absolute atomic E-state index is 16.2. The molecule has 1 fully saturated rings. The van der Waals surface area contributed by atoms with Gasteiger partial charge < -0.3 is 29.1 Å². The molecule has 2 aromatic heterocycles. The van der Waals surface area contributed by atoms with Crippen LogP contribution in [0.15, 0.2) is 6.33 Å². The molecule has 0 saturated carbocycles. The van der Waals surface area contributed by atoms with Crippen LogP contribution in [0.3, 0.4) is 0 Å². The molecule has 0 aromatic carbocycles. The second kappa shape index (κ2) is 34.5. The van der Waals surface area contributed by atoms with Crippen molar-refractivity contribution in [2.45, 2.75) is 238 Å². The molecule has 0 bridgehead atoms. The maximum atomic E-state index is 16.2. The van der Waals surface area contributed by atoms with Crippen molar-refractivity contribution in [2.75, 3.05) is 58.6 Å². The molecule has 3 heterocycles. The SMILES string of the molecule is CCCCCCCCCCCCCCCCOCCC(COCCCCCCCCCCCCCCCC)COP(=O)(O)OC[C@H]1O[C@@H](n2cnc3c(N(C)C)nc(C)nc32)[C@](C)(F)[C@@H]1O. The summed E-state index contributed by atoms with van der Waals surface area (Å²) in [5.41, 5.74) is -1.52. The van der Waals surface area contributed by atoms with Crippen molar-refractivity contribution < 1.29 is 42.2 Å². The third-order valence-corrected chi connectivity index (χ3v) is 14.0. The number of nitrogens with zero attached hydrogens (tertiary/aromatic N) is 5. The lowest BCUT2D eigenvalue weighted by Crippen LogP contribution is -2.40. The first-order chi connectivity index (χ1) is 31.9. The number of unbranched alkanes of at least 4 members (excludes halogenated alkanes) is 26. The second-order valence-electron chi connectivity index (χ2n) is 19.5. The van der Waals surface area contributed by atoms with E-state index in [1.165, 1.54) is 172 Å². The lowest BCUT2D eigenvalue weighted by atomic mass is 9.98. The van der Waals surface area contributed by atoms with Gasteiger partial charge in [0.1, 0.15) is 18.0 Å². The molecule has 6 atom stereocenters. The maximum Gasteiger partial charge on any atom is 0.472 e. The number of halogens is 1. The minimum Gasteiger partial charge on any atom is -0.387 e. The first-order valence-corrected chi connectivity index (χ1v) is 28.1. The Balaban J connectivity index is 1.39. The quantitative estimate of drug-likeness (QED) is 0.0481. The van der Waals surface area contributed by atoms with Crippen molar-refractivity contribution in [1.82, 2.24) is 19.5 Å². The van der Waals surface area contributed by atoms with Gasteiger partial charge in [0.15, 0.2) is 28.9 Å². The highest BCUT2D eigenvalue weighted by molar-refractivity contribution is 7.47. The number of ether oxygens (including phenoxy) is 3. The number of hydrogen-bond donors (Lipinski definition) is 2. The fraction of sp³-hybridized carbons (Fsp3) is 0.902. The zero-order chi connectivity index (χ0) is 47.9. The summed E-state index contributed by atoms with van der Waals surface area (Å²) in [5.74, 6) is 0.819. The van der Waals surface area contributed by atoms with Crippen LogP contribution in [0.4, 0.5) is 10.2 Å². The third kappa shape index (κ3) is 23.2. The molecule has 1 aliphatic rings. The van der Waals surface area contributed by atoms with E-state index in [0.29, 0.717) is 55.7 Å². The van der Waals surface area contributed by atoms with E-state index in [1.54, 1.807) is 11.8 Å². The summed E-state index contributed by atoms with van der Waals surface area (Å²) in [6, 6.07) is 0. The molecule has 0 amide bonds. The van der Waals surface area contributed by atoms with Gasteiger partial charge in [-0.1, -0.05) is 181 Å². The van der Waals surface area contributed by atoms with E-state index >= 15 is 4.39 Å². The molecular weight excluding hydrogens is 861 g/mol. The fourth-order valence-corrected chi connectivity index (χ4v) is 9.67. The summed E-state index contributed by atoms with van der Waals surface area (Å²) in [4.78, 5) is 25.9. The number of rotatable bonds is 43. The number of imidazole rings is 1. The molecule has 2 aromatic rings. The number of phosphoric ester groups is 1. The Hall–Kier alpha value is -1.77. The van der Waals surface area contributed by atoms with Gasteiger partial charge in [0.2, 0.25) is 0 Å². The number of hydrogen-bond acceptors (Lipinski definition) is 11. The Bertz CT molecular complexity index is 1570. The van der Waals surface area contributed by atoms with Gasteiger partial charge in [-0.15, -0.1) is 0 Å². The molecule has 2 N–H and O–H groups in total. The lowest BCUT2D eigenvalue weighted by Gasteiger charge is -2.24. The van der Waals surface area contributed by atoms with E-state index in [0.717, 1.165) is 25.7 Å². The van der Waals surface area contributed by atoms with Gasteiger partial charge in [-0.3, -0.25) is 13.6 Å². The summed E-state index contributed by atoms with van der Waals surface area (Å²) in [6.07, 6.45) is 34.2. The van der Waals surface area contributed by atoms with Crippen LogP contribution in [0.2, 0.25) is 0 Å². The van der Waals surface area contributed by atoms with E-state index in [1.807, 2.05) is 14.1 Å². The van der Waals surface area contributed by atoms with E-state index in [4.69, 9.17) is 23.3 Å². The van der Waals surface area contributed by atoms with Crippen LogP contribution < -0.4 is 4.90 Å². The summed E-state index contributed by atoms with van der Waals surface area (Å²) in [7, 11) is -0.971. The number of fused-ring (bicyclic) bond motifs is 1. The smallest absolute Gasteiger partial charge is 0.387 e. The molecule has 1 aliphatic heterocycles. The number of anilines is 1. The van der Waals surface area contributed by atoms with Crippen molar-refractivity contribution in [3.05, 3.63) is 12.2 Å². The Morgan fingerprint density at radius 3 is 1.68 bits per heavy atom. The highest BCUT2D eigenvalue weighted by Crippen LogP contribution is 2.47. The zero-order valence-electron chi connectivity index (χ0n) is 42.5. The number of aliphatic hydroxyl groups excluding tert-OH is 1. The van der Waals surface area contributed by atoms with Crippen molar-refractivity contribution in [3.8, 4) is 0 Å². The predicted octanol–water partition coefficient (Wildman–Crippen LogP) is 13.3. The summed E-state index contributed by atoms with van der Waals surface area (Å²) >= 11 is 0. The first kappa shape index (κ1) is 58.5. The third-order valence-electron chi connectivity index (χ3n) is 13.1. The average molecular weight is 956 g/mol. The minimum absolute atomic E-state index is 0.0828. The first-order valence-electron chi connectivity index (χ1n) is 26.6. The highest BCUT2D eigenvalue weighted by Gasteiger charge is 2.56. The van der Waals surface area contributed by atoms with Crippen LogP contribution in [0.25, 0.3) is 11.2 Å². The monoisotopic (exact) mass is 956 g/mol. The summed E-state index contributed by atoms with van der Waals surface area (Å²) < 4.78 is 59.7. The molecule has 1 saturated heterocycles. The predicted molar refractivity (Wildman–Crippen MR) is 266 cm³/mol. The molecule has 0 aliphatic carbocycles. The highest BCUT2D eigenvalue weighted by atomic mass is 31.2. The van der Waals surface area contributed by atoms with Gasteiger partial charge >= 0.3 is 7.82 Å². The van der Waals surface area contributed by atoms with E-state index in [-0.39, 0.29) is 12.5 Å². The second-order valence-corrected chi connectivity index (χ2v) is 21.0. The van der Waals surface area contributed by atoms with E-state index in [9.17, 15) is 14.6 Å². The van der Waals surface area contributed by atoms with Crippen molar-refractivity contribution in [1.29, 1.82) is 0 Å². The molecule has 384 valence electrons. The van der Waals surface area contributed by atoms with Crippen LogP contribution in [-0.2, 0) is 27.8 Å². The Labute approximate surface area is 400 Å². The normalized spacial score (nSPS) is 20.1. The van der Waals surface area contributed by atoms with Crippen LogP contribution in [-0.4, -0.2) is 101 Å². The van der Waals surface area contributed by atoms with Gasteiger partial charge in [0.05, 0.1) is 26.1 Å². The van der Waals surface area contributed by atoms with Crippen molar-refractivity contribution in [3.63, 3.8) is 0 Å². The molecule has 2 unspecified atom stereocenters. The number of aryl methyl sites for hydroxylation is 1. The number of aliphatic hydroxyl groups is 1. The molecule has 3 rings (SSSR count). The van der Waals surface area contributed by atoms with Gasteiger partial charge in [0, 0.05) is 39.8 Å². The van der Waals surface area contributed by atoms with E-state index < -0.39 is 38.5 Å².